The number of allylic oxidation sites excluding steroid dienone is 1. The smallest absolute Gasteiger partial charge is 0.0697 e. The monoisotopic (exact) mass is 277 g/mol. The van der Waals surface area contributed by atoms with Gasteiger partial charge >= 0.3 is 0 Å². The second-order valence-corrected chi connectivity index (χ2v) is 5.35. The van der Waals surface area contributed by atoms with Crippen molar-refractivity contribution in [1.29, 1.82) is 5.41 Å². The molecule has 0 fully saturated rings. The third-order valence-corrected chi connectivity index (χ3v) is 3.89. The lowest BCUT2D eigenvalue weighted by molar-refractivity contribution is 0.285. The summed E-state index contributed by atoms with van der Waals surface area (Å²) < 4.78 is 0. The summed E-state index contributed by atoms with van der Waals surface area (Å²) in [7, 11) is 0. The molecule has 0 aromatic heterocycles. The number of nitrogens with one attached hydrogen (secondary N) is 1. The first-order valence-corrected chi connectivity index (χ1v) is 7.41. The average Bonchev–Trinajstić information content (AvgIpc) is 2.81. The largest absolute Gasteiger partial charge is 0.396 e. The lowest BCUT2D eigenvalue weighted by atomic mass is 10.0. The molecule has 0 spiro atoms. The van der Waals surface area contributed by atoms with Gasteiger partial charge in [-0.25, -0.2) is 0 Å². The van der Waals surface area contributed by atoms with E-state index in [0.717, 1.165) is 47.1 Å². The Kier molecular flexibility index (Phi) is 3.98. The SMILES string of the molecule is N=C1c2ccccc2-c2ccc(/C=C/CCCCO)cc21. The molecular formula is C19H19NO. The number of aliphatic hydroxyl groups excluding tert-OH is 1. The Morgan fingerprint density at radius 1 is 0.905 bits per heavy atom. The number of hydrogen-bond donors (Lipinski definition) is 2. The summed E-state index contributed by atoms with van der Waals surface area (Å²) in [6, 6.07) is 14.4. The van der Waals surface area contributed by atoms with E-state index in [4.69, 9.17) is 10.5 Å². The Labute approximate surface area is 125 Å². The van der Waals surface area contributed by atoms with Gasteiger partial charge in [0, 0.05) is 17.7 Å². The minimum absolute atomic E-state index is 0.266. The highest BCUT2D eigenvalue weighted by atomic mass is 16.2. The van der Waals surface area contributed by atoms with Crippen molar-refractivity contribution in [2.24, 2.45) is 0 Å². The Morgan fingerprint density at radius 2 is 1.67 bits per heavy atom. The first kappa shape index (κ1) is 13.8. The number of hydrogen-bond acceptors (Lipinski definition) is 2. The van der Waals surface area contributed by atoms with Gasteiger partial charge in [-0.05, 0) is 42.0 Å². The molecule has 0 heterocycles. The molecule has 1 aliphatic rings. The second kappa shape index (κ2) is 6.06. The van der Waals surface area contributed by atoms with Crippen LogP contribution in [0.25, 0.3) is 17.2 Å². The molecule has 2 N–H and O–H groups in total. The van der Waals surface area contributed by atoms with E-state index in [9.17, 15) is 0 Å². The molecule has 3 rings (SSSR count). The lowest BCUT2D eigenvalue weighted by Gasteiger charge is -2.01. The zero-order valence-electron chi connectivity index (χ0n) is 12.0. The fourth-order valence-corrected chi connectivity index (χ4v) is 2.78. The first-order valence-electron chi connectivity index (χ1n) is 7.41. The quantitative estimate of drug-likeness (QED) is 0.672. The molecule has 2 nitrogen and oxygen atoms in total. The minimum Gasteiger partial charge on any atom is -0.396 e. The fourth-order valence-electron chi connectivity index (χ4n) is 2.78. The Hall–Kier alpha value is -2.19. The summed E-state index contributed by atoms with van der Waals surface area (Å²) in [6.45, 7) is 0.266. The van der Waals surface area contributed by atoms with E-state index in [-0.39, 0.29) is 6.61 Å². The van der Waals surface area contributed by atoms with Crippen LogP contribution in [0.15, 0.2) is 48.5 Å². The molecule has 2 heteroatoms. The maximum atomic E-state index is 8.76. The van der Waals surface area contributed by atoms with Crippen LogP contribution in [0.1, 0.15) is 36.0 Å². The molecule has 0 radical (unpaired) electrons. The molecule has 1 aliphatic carbocycles. The summed E-state index contributed by atoms with van der Waals surface area (Å²) in [5.74, 6) is 0. The molecule has 0 amide bonds. The zero-order chi connectivity index (χ0) is 14.7. The topological polar surface area (TPSA) is 44.1 Å². The predicted molar refractivity (Wildman–Crippen MR) is 87.8 cm³/mol. The van der Waals surface area contributed by atoms with E-state index in [1.807, 2.05) is 18.2 Å². The number of fused-ring (bicyclic) bond motifs is 3. The highest BCUT2D eigenvalue weighted by Crippen LogP contribution is 2.36. The van der Waals surface area contributed by atoms with Gasteiger partial charge < -0.3 is 5.11 Å². The standard InChI is InChI=1S/C19H19NO/c20-19-17-9-5-4-8-15(17)16-11-10-14(13-18(16)19)7-3-1-2-6-12-21/h3-5,7-11,13,20-21H,1-2,6,12H2/b7-3+,20-19?. The van der Waals surface area contributed by atoms with E-state index in [2.05, 4.69) is 36.4 Å². The number of benzene rings is 2. The fraction of sp³-hybridized carbons (Fsp3) is 0.211. The Balaban J connectivity index is 1.82. The Bertz CT molecular complexity index is 700. The van der Waals surface area contributed by atoms with E-state index in [0.29, 0.717) is 5.71 Å². The van der Waals surface area contributed by atoms with Crippen molar-refractivity contribution in [1.82, 2.24) is 0 Å². The molecule has 0 saturated heterocycles. The average molecular weight is 277 g/mol. The van der Waals surface area contributed by atoms with Crippen LogP contribution in [-0.2, 0) is 0 Å². The molecule has 0 aliphatic heterocycles. The highest BCUT2D eigenvalue weighted by molar-refractivity contribution is 6.23. The van der Waals surface area contributed by atoms with Crippen LogP contribution in [0.5, 0.6) is 0 Å². The summed E-state index contributed by atoms with van der Waals surface area (Å²) in [6.07, 6.45) is 7.10. The molecule has 21 heavy (non-hydrogen) atoms. The minimum atomic E-state index is 0.266. The van der Waals surface area contributed by atoms with Crippen molar-refractivity contribution >= 4 is 11.8 Å². The van der Waals surface area contributed by atoms with Crippen molar-refractivity contribution in [3.05, 3.63) is 65.2 Å². The van der Waals surface area contributed by atoms with E-state index < -0.39 is 0 Å². The van der Waals surface area contributed by atoms with Crippen LogP contribution in [0.4, 0.5) is 0 Å². The molecule has 0 saturated carbocycles. The molecule has 106 valence electrons. The van der Waals surface area contributed by atoms with Crippen molar-refractivity contribution in [3.8, 4) is 11.1 Å². The molecule has 0 atom stereocenters. The van der Waals surface area contributed by atoms with Crippen molar-refractivity contribution < 1.29 is 5.11 Å². The first-order chi connectivity index (χ1) is 10.3. The van der Waals surface area contributed by atoms with Crippen LogP contribution in [0.3, 0.4) is 0 Å². The van der Waals surface area contributed by atoms with Crippen LogP contribution < -0.4 is 0 Å². The number of unbranched alkanes of at least 4 members (excludes halogenated alkanes) is 2. The maximum Gasteiger partial charge on any atom is 0.0697 e. The normalized spacial score (nSPS) is 12.7. The third kappa shape index (κ3) is 2.67. The van der Waals surface area contributed by atoms with E-state index >= 15 is 0 Å². The molecule has 2 aromatic carbocycles. The van der Waals surface area contributed by atoms with Gasteiger partial charge in [0.1, 0.15) is 0 Å². The van der Waals surface area contributed by atoms with E-state index in [1.165, 1.54) is 0 Å². The van der Waals surface area contributed by atoms with E-state index in [1.54, 1.807) is 0 Å². The molecular weight excluding hydrogens is 258 g/mol. The Morgan fingerprint density at radius 3 is 2.48 bits per heavy atom. The van der Waals surface area contributed by atoms with Gasteiger partial charge in [-0.15, -0.1) is 0 Å². The van der Waals surface area contributed by atoms with Crippen LogP contribution >= 0.6 is 0 Å². The summed E-state index contributed by atoms with van der Waals surface area (Å²) in [5, 5.41) is 17.1. The van der Waals surface area contributed by atoms with Crippen molar-refractivity contribution in [3.63, 3.8) is 0 Å². The van der Waals surface area contributed by atoms with Gasteiger partial charge in [-0.2, -0.15) is 0 Å². The van der Waals surface area contributed by atoms with Crippen LogP contribution in [0, 0.1) is 5.41 Å². The third-order valence-electron chi connectivity index (χ3n) is 3.89. The second-order valence-electron chi connectivity index (χ2n) is 5.35. The van der Waals surface area contributed by atoms with Gasteiger partial charge in [0.05, 0.1) is 5.71 Å². The molecule has 0 bridgehead atoms. The summed E-state index contributed by atoms with van der Waals surface area (Å²) in [5.41, 5.74) is 6.13. The predicted octanol–water partition coefficient (Wildman–Crippen LogP) is 4.26. The number of rotatable bonds is 5. The van der Waals surface area contributed by atoms with Gasteiger partial charge in [0.2, 0.25) is 0 Å². The summed E-state index contributed by atoms with van der Waals surface area (Å²) >= 11 is 0. The van der Waals surface area contributed by atoms with Gasteiger partial charge in [-0.1, -0.05) is 48.6 Å². The molecule has 0 unspecified atom stereocenters. The maximum absolute atomic E-state index is 8.76. The zero-order valence-corrected chi connectivity index (χ0v) is 12.0. The van der Waals surface area contributed by atoms with Crippen molar-refractivity contribution in [2.75, 3.05) is 6.61 Å². The van der Waals surface area contributed by atoms with Gasteiger partial charge in [0.25, 0.3) is 0 Å². The van der Waals surface area contributed by atoms with Crippen LogP contribution in [-0.4, -0.2) is 17.4 Å². The van der Waals surface area contributed by atoms with Gasteiger partial charge in [0.15, 0.2) is 0 Å². The summed E-state index contributed by atoms with van der Waals surface area (Å²) in [4.78, 5) is 0. The van der Waals surface area contributed by atoms with Crippen LogP contribution in [0.2, 0.25) is 0 Å². The lowest BCUT2D eigenvalue weighted by Crippen LogP contribution is -1.95. The highest BCUT2D eigenvalue weighted by Gasteiger charge is 2.22. The number of aliphatic hydroxyl groups is 1. The van der Waals surface area contributed by atoms with Gasteiger partial charge in [-0.3, -0.25) is 5.41 Å². The molecule has 2 aromatic rings. The van der Waals surface area contributed by atoms with Crippen molar-refractivity contribution in [2.45, 2.75) is 19.3 Å².